The van der Waals surface area contributed by atoms with Gasteiger partial charge in [-0.3, -0.25) is 14.0 Å². The van der Waals surface area contributed by atoms with Crippen molar-refractivity contribution >= 4 is 82.9 Å². The van der Waals surface area contributed by atoms with Gasteiger partial charge in [-0.15, -0.1) is 0 Å². The highest BCUT2D eigenvalue weighted by Crippen LogP contribution is 2.35. The summed E-state index contributed by atoms with van der Waals surface area (Å²) in [6, 6.07) is 51.3. The zero-order chi connectivity index (χ0) is 60.5. The molecule has 0 saturated heterocycles. The van der Waals surface area contributed by atoms with Gasteiger partial charge in [0.1, 0.15) is 22.4 Å². The molecule has 446 valence electrons. The van der Waals surface area contributed by atoms with E-state index in [4.69, 9.17) is 27.4 Å². The van der Waals surface area contributed by atoms with Crippen LogP contribution in [0.4, 0.5) is 17.5 Å². The first kappa shape index (κ1) is 65.5. The maximum atomic E-state index is 6.31. The molecule has 0 atom stereocenters. The van der Waals surface area contributed by atoms with Gasteiger partial charge in [-0.1, -0.05) is 217 Å². The van der Waals surface area contributed by atoms with Crippen LogP contribution >= 0.6 is 0 Å². The lowest BCUT2D eigenvalue weighted by Gasteiger charge is -2.11. The normalized spacial score (nSPS) is 10.8. The van der Waals surface area contributed by atoms with Crippen LogP contribution in [0, 0.1) is 0 Å². The number of aryl methyl sites for hydroxylation is 5. The van der Waals surface area contributed by atoms with Crippen LogP contribution in [0.3, 0.4) is 0 Å². The van der Waals surface area contributed by atoms with Crippen molar-refractivity contribution in [1.82, 2.24) is 49.6 Å². The molecule has 6 aromatic carbocycles. The van der Waals surface area contributed by atoms with Gasteiger partial charge in [0.05, 0.1) is 33.6 Å². The molecule has 0 aliphatic rings. The van der Waals surface area contributed by atoms with E-state index in [0.717, 1.165) is 129 Å². The second kappa shape index (κ2) is 31.3. The molecule has 13 heteroatoms. The van der Waals surface area contributed by atoms with E-state index >= 15 is 0 Å². The molecular formula is C72H93N13. The van der Waals surface area contributed by atoms with Crippen molar-refractivity contribution in [2.24, 2.45) is 14.1 Å². The number of rotatable bonds is 14. The average Bonchev–Trinajstić information content (AvgIpc) is 2.05. The Labute approximate surface area is 505 Å². The molecular weight excluding hydrogens is 1050 g/mol. The van der Waals surface area contributed by atoms with Crippen LogP contribution in [0.2, 0.25) is 0 Å². The Morgan fingerprint density at radius 1 is 0.447 bits per heavy atom. The summed E-state index contributed by atoms with van der Waals surface area (Å²) in [4.78, 5) is 13.6. The molecule has 0 saturated carbocycles. The fourth-order valence-corrected chi connectivity index (χ4v) is 10.5. The standard InChI is InChI=1S/C25H31N5.2C20H20N4.3C2H6.CH4/c1-4-5-14-30-22(15-18-10-12-19(13-11-18)16-27-17(2)3)23-20-8-6-7-9-21(20)28-25(26)24(23)29-30;1-3-13-8-10-14(11-9-13)12-17-18-15-6-4-5-7-16(15)22-20(21)19(18)23-24(17)2;1-3-13-8-10-14(11-9-13)12-17-18-15-6-4-5-7-16(15)22-20(21)19(18)24(2)23-17;3*1-2;/h6-13,17,27H,4-5,14-16H2,1-3H3,(H2,26,28);2*4-11H,3,12H2,1-2H3,(H2,21,22);3*1-2H3;1H4. The van der Waals surface area contributed by atoms with E-state index in [1.165, 1.54) is 44.8 Å². The van der Waals surface area contributed by atoms with Crippen LogP contribution in [0.5, 0.6) is 0 Å². The lowest BCUT2D eigenvalue weighted by Crippen LogP contribution is -2.21. The van der Waals surface area contributed by atoms with Gasteiger partial charge in [-0.25, -0.2) is 15.0 Å². The van der Waals surface area contributed by atoms with Gasteiger partial charge in [-0.05, 0) is 70.8 Å². The minimum atomic E-state index is 0. The Balaban J connectivity index is 0.000000196. The molecule has 0 aliphatic carbocycles. The summed E-state index contributed by atoms with van der Waals surface area (Å²) < 4.78 is 5.93. The summed E-state index contributed by atoms with van der Waals surface area (Å²) in [5, 5.41) is 24.4. The van der Waals surface area contributed by atoms with Gasteiger partial charge < -0.3 is 22.5 Å². The van der Waals surface area contributed by atoms with Gasteiger partial charge in [0.2, 0.25) is 0 Å². The first-order chi connectivity index (χ1) is 40.9. The number of aromatic nitrogens is 9. The van der Waals surface area contributed by atoms with Crippen molar-refractivity contribution in [1.29, 1.82) is 0 Å². The lowest BCUT2D eigenvalue weighted by molar-refractivity contribution is 0.558. The molecule has 12 aromatic rings. The Hall–Kier alpha value is -8.68. The van der Waals surface area contributed by atoms with E-state index in [-0.39, 0.29) is 7.43 Å². The highest BCUT2D eigenvalue weighted by Gasteiger charge is 2.20. The van der Waals surface area contributed by atoms with Crippen molar-refractivity contribution in [2.75, 3.05) is 17.2 Å². The van der Waals surface area contributed by atoms with Crippen LogP contribution in [0.25, 0.3) is 65.4 Å². The number of hydrogen-bond donors (Lipinski definition) is 4. The molecule has 0 fully saturated rings. The van der Waals surface area contributed by atoms with Crippen LogP contribution in [-0.2, 0) is 59.3 Å². The highest BCUT2D eigenvalue weighted by atomic mass is 15.3. The number of benzene rings is 6. The zero-order valence-electron chi connectivity index (χ0n) is 52.1. The minimum Gasteiger partial charge on any atom is -0.382 e. The first-order valence-electron chi connectivity index (χ1n) is 30.4. The van der Waals surface area contributed by atoms with Crippen LogP contribution in [0.1, 0.15) is 147 Å². The van der Waals surface area contributed by atoms with Gasteiger partial charge in [0.15, 0.2) is 11.6 Å². The number of para-hydroxylation sites is 3. The number of unbranched alkanes of at least 4 members (excludes halogenated alkanes) is 1. The van der Waals surface area contributed by atoms with Crippen LogP contribution < -0.4 is 22.5 Å². The molecule has 0 aliphatic heterocycles. The Bertz CT molecular complexity index is 4000. The van der Waals surface area contributed by atoms with E-state index < -0.39 is 0 Å². The number of anilines is 3. The topological polar surface area (TPSA) is 182 Å². The summed E-state index contributed by atoms with van der Waals surface area (Å²) in [7, 11) is 3.91. The van der Waals surface area contributed by atoms with Gasteiger partial charge >= 0.3 is 0 Å². The number of pyridine rings is 3. The summed E-state index contributed by atoms with van der Waals surface area (Å²) in [5.74, 6) is 1.54. The molecule has 13 nitrogen and oxygen atoms in total. The van der Waals surface area contributed by atoms with Crippen molar-refractivity contribution in [2.45, 2.75) is 148 Å². The number of nitrogens with one attached hydrogen (secondary N) is 1. The summed E-state index contributed by atoms with van der Waals surface area (Å²) in [5.41, 5.74) is 35.2. The fraction of sp³-hybridized carbons (Fsp3) is 0.333. The fourth-order valence-electron chi connectivity index (χ4n) is 10.5. The number of nitrogen functional groups attached to an aromatic ring is 3. The number of hydrogen-bond acceptors (Lipinski definition) is 10. The van der Waals surface area contributed by atoms with Crippen molar-refractivity contribution < 1.29 is 0 Å². The van der Waals surface area contributed by atoms with E-state index in [0.29, 0.717) is 23.5 Å². The molecule has 12 rings (SSSR count). The van der Waals surface area contributed by atoms with Gasteiger partial charge in [0, 0.05) is 84.8 Å². The first-order valence-corrected chi connectivity index (χ1v) is 30.4. The van der Waals surface area contributed by atoms with Crippen LogP contribution in [0.15, 0.2) is 146 Å². The van der Waals surface area contributed by atoms with E-state index in [1.54, 1.807) is 0 Å². The Morgan fingerprint density at radius 3 is 1.32 bits per heavy atom. The zero-order valence-corrected chi connectivity index (χ0v) is 52.1. The molecule has 0 radical (unpaired) electrons. The molecule has 0 amide bonds. The van der Waals surface area contributed by atoms with Crippen LogP contribution in [-0.4, -0.2) is 50.3 Å². The second-order valence-corrected chi connectivity index (χ2v) is 20.6. The SMILES string of the molecule is C.CC.CC.CC.CCCCn1nc2c(N)nc3ccccc3c2c1Cc1ccc(CNC(C)C)cc1.CCc1ccc(Cc2c3c(nn2C)c(N)nc2ccccc23)cc1.CCc1ccc(Cc2nn(C)c3c(N)nc4ccccc4c23)cc1. The summed E-state index contributed by atoms with van der Waals surface area (Å²) in [6.07, 6.45) is 6.76. The summed E-state index contributed by atoms with van der Waals surface area (Å²) in [6.45, 7) is 24.7. The van der Waals surface area contributed by atoms with E-state index in [2.05, 4.69) is 162 Å². The van der Waals surface area contributed by atoms with Crippen molar-refractivity contribution in [3.05, 3.63) is 196 Å². The monoisotopic (exact) mass is 1140 g/mol. The largest absolute Gasteiger partial charge is 0.382 e. The molecule has 0 bridgehead atoms. The average molecular weight is 1140 g/mol. The highest BCUT2D eigenvalue weighted by molar-refractivity contribution is 6.11. The molecule has 85 heavy (non-hydrogen) atoms. The molecule has 0 spiro atoms. The molecule has 7 N–H and O–H groups in total. The smallest absolute Gasteiger partial charge is 0.152 e. The molecule has 6 aromatic heterocycles. The van der Waals surface area contributed by atoms with E-state index in [1.807, 2.05) is 114 Å². The third-order valence-electron chi connectivity index (χ3n) is 14.8. The van der Waals surface area contributed by atoms with Crippen molar-refractivity contribution in [3.8, 4) is 0 Å². The van der Waals surface area contributed by atoms with Gasteiger partial charge in [0.25, 0.3) is 0 Å². The minimum absolute atomic E-state index is 0. The number of fused-ring (bicyclic) bond motifs is 9. The van der Waals surface area contributed by atoms with Crippen molar-refractivity contribution in [3.63, 3.8) is 0 Å². The quantitative estimate of drug-likeness (QED) is 0.0818. The third-order valence-corrected chi connectivity index (χ3v) is 14.8. The van der Waals surface area contributed by atoms with E-state index in [9.17, 15) is 0 Å². The van der Waals surface area contributed by atoms with Gasteiger partial charge in [-0.2, -0.15) is 15.3 Å². The maximum Gasteiger partial charge on any atom is 0.152 e. The molecule has 0 unspecified atom stereocenters. The Morgan fingerprint density at radius 2 is 0.847 bits per heavy atom. The molecule has 6 heterocycles. The number of nitrogens with two attached hydrogens (primary N) is 3. The third kappa shape index (κ3) is 15.2. The second-order valence-electron chi connectivity index (χ2n) is 20.6. The predicted molar refractivity (Wildman–Crippen MR) is 364 cm³/mol. The number of nitrogens with zero attached hydrogens (tertiary/aromatic N) is 9. The lowest BCUT2D eigenvalue weighted by atomic mass is 10.0. The summed E-state index contributed by atoms with van der Waals surface area (Å²) >= 11 is 0. The maximum absolute atomic E-state index is 6.31. The predicted octanol–water partition coefficient (Wildman–Crippen LogP) is 16.5. The Kier molecular flexibility index (Phi) is 24.1.